The average Bonchev–Trinajstić information content (AvgIpc) is 2.51. The number of carbonyl (C=O) groups is 2. The largest absolute Gasteiger partial charge is 0.353 e. The van der Waals surface area contributed by atoms with E-state index in [0.717, 1.165) is 4.90 Å². The highest BCUT2D eigenvalue weighted by Gasteiger charge is 2.35. The molecule has 77 valence electrons. The molecule has 1 heterocycles. The van der Waals surface area contributed by atoms with E-state index in [1.807, 2.05) is 0 Å². The zero-order valence-electron chi connectivity index (χ0n) is 8.27. The van der Waals surface area contributed by atoms with Crippen molar-refractivity contribution in [1.29, 1.82) is 0 Å². The summed E-state index contributed by atoms with van der Waals surface area (Å²) in [5.74, 6) is -0.659. The van der Waals surface area contributed by atoms with E-state index in [9.17, 15) is 9.59 Å². The second-order valence-electron chi connectivity index (χ2n) is 3.09. The number of rotatable bonds is 3. The molecule has 2 amide bonds. The number of carbonyl (C=O) groups excluding carboxylic acids is 2. The zero-order valence-corrected chi connectivity index (χ0v) is 8.27. The molecular weight excluding hydrogens is 194 g/mol. The number of hydrogen-bond donors (Lipinski definition) is 0. The van der Waals surface area contributed by atoms with Crippen LogP contribution in [0.1, 0.15) is 27.6 Å². The smallest absolute Gasteiger partial charge is 0.263 e. The number of imide groups is 1. The summed E-state index contributed by atoms with van der Waals surface area (Å²) in [6, 6.07) is 6.73. The minimum Gasteiger partial charge on any atom is -0.353 e. The number of fused-ring (bicyclic) bond motifs is 1. The van der Waals surface area contributed by atoms with Gasteiger partial charge in [-0.25, -0.2) is 4.90 Å². The molecule has 1 radical (unpaired) electrons. The minimum absolute atomic E-state index is 0.330. The van der Waals surface area contributed by atoms with E-state index < -0.39 is 0 Å². The molecule has 0 bridgehead atoms. The molecule has 1 aliphatic rings. The second-order valence-corrected chi connectivity index (χ2v) is 3.09. The van der Waals surface area contributed by atoms with Gasteiger partial charge < -0.3 is 4.74 Å². The fourth-order valence-corrected chi connectivity index (χ4v) is 1.45. The van der Waals surface area contributed by atoms with Gasteiger partial charge in [0.1, 0.15) is 0 Å². The van der Waals surface area contributed by atoms with E-state index in [1.165, 1.54) is 6.73 Å². The van der Waals surface area contributed by atoms with Crippen LogP contribution < -0.4 is 0 Å². The van der Waals surface area contributed by atoms with Gasteiger partial charge in [0.25, 0.3) is 11.8 Å². The lowest BCUT2D eigenvalue weighted by Crippen LogP contribution is -2.28. The highest BCUT2D eigenvalue weighted by Crippen LogP contribution is 2.23. The van der Waals surface area contributed by atoms with Crippen LogP contribution in [0.5, 0.6) is 0 Å². The first kappa shape index (κ1) is 9.86. The molecule has 0 saturated carbocycles. The maximum Gasteiger partial charge on any atom is 0.263 e. The van der Waals surface area contributed by atoms with Crippen molar-refractivity contribution in [3.05, 3.63) is 42.1 Å². The third kappa shape index (κ3) is 1.53. The van der Waals surface area contributed by atoms with Crippen molar-refractivity contribution >= 4 is 11.8 Å². The summed E-state index contributed by atoms with van der Waals surface area (Å²) < 4.78 is 4.95. The fourth-order valence-electron chi connectivity index (χ4n) is 1.45. The molecule has 1 aliphatic heterocycles. The number of ether oxygens (including phenoxy) is 1. The summed E-state index contributed by atoms with van der Waals surface area (Å²) in [6.45, 7) is 3.38. The topological polar surface area (TPSA) is 46.6 Å². The maximum absolute atomic E-state index is 11.7. The van der Waals surface area contributed by atoms with E-state index in [-0.39, 0.29) is 11.8 Å². The van der Waals surface area contributed by atoms with Crippen LogP contribution in [-0.4, -0.2) is 23.3 Å². The van der Waals surface area contributed by atoms with Crippen LogP contribution in [0, 0.1) is 6.73 Å². The third-order valence-corrected chi connectivity index (χ3v) is 2.17. The molecule has 0 spiro atoms. The van der Waals surface area contributed by atoms with Gasteiger partial charge in [-0.3, -0.25) is 9.59 Å². The normalized spacial score (nSPS) is 14.6. The van der Waals surface area contributed by atoms with Crippen LogP contribution in [0.3, 0.4) is 0 Å². The van der Waals surface area contributed by atoms with Crippen molar-refractivity contribution in [2.45, 2.75) is 6.92 Å². The first-order valence-electron chi connectivity index (χ1n) is 4.67. The quantitative estimate of drug-likeness (QED) is 0.700. The lowest BCUT2D eigenvalue weighted by Gasteiger charge is -2.11. The predicted molar refractivity (Wildman–Crippen MR) is 52.9 cm³/mol. The Bertz CT molecular complexity index is 379. The Morgan fingerprint density at radius 1 is 1.20 bits per heavy atom. The number of hydrogen-bond acceptors (Lipinski definition) is 3. The third-order valence-electron chi connectivity index (χ3n) is 2.17. The molecule has 2 rings (SSSR count). The van der Waals surface area contributed by atoms with Crippen molar-refractivity contribution in [2.24, 2.45) is 0 Å². The highest BCUT2D eigenvalue weighted by atomic mass is 16.5. The van der Waals surface area contributed by atoms with Crippen LogP contribution in [0.2, 0.25) is 0 Å². The lowest BCUT2D eigenvalue weighted by molar-refractivity contribution is 0.0528. The Labute approximate surface area is 87.4 Å². The van der Waals surface area contributed by atoms with Gasteiger partial charge in [-0.1, -0.05) is 12.1 Å². The van der Waals surface area contributed by atoms with Crippen LogP contribution in [0.4, 0.5) is 0 Å². The van der Waals surface area contributed by atoms with Crippen LogP contribution in [0.15, 0.2) is 24.3 Å². The standard InChI is InChI=1S/C11H10NO3/c1-2-15-7-12-10(13)8-5-3-4-6-9(8)11(12)14/h3-7H,2H2,1H3. The summed E-state index contributed by atoms with van der Waals surface area (Å²) in [4.78, 5) is 24.4. The molecular formula is C11H10NO3. The molecule has 15 heavy (non-hydrogen) atoms. The minimum atomic E-state index is -0.330. The monoisotopic (exact) mass is 204 g/mol. The van der Waals surface area contributed by atoms with E-state index in [4.69, 9.17) is 4.74 Å². The number of benzene rings is 1. The van der Waals surface area contributed by atoms with Crippen molar-refractivity contribution in [2.75, 3.05) is 6.61 Å². The predicted octanol–water partition coefficient (Wildman–Crippen LogP) is 1.44. The number of amides is 2. The summed E-state index contributed by atoms with van der Waals surface area (Å²) in [5.41, 5.74) is 0.858. The van der Waals surface area contributed by atoms with Gasteiger partial charge >= 0.3 is 0 Å². The van der Waals surface area contributed by atoms with Crippen molar-refractivity contribution < 1.29 is 14.3 Å². The second kappa shape index (κ2) is 3.82. The molecule has 1 aromatic carbocycles. The molecule has 0 fully saturated rings. The van der Waals surface area contributed by atoms with E-state index in [1.54, 1.807) is 31.2 Å². The molecule has 0 atom stereocenters. The van der Waals surface area contributed by atoms with E-state index in [2.05, 4.69) is 0 Å². The summed E-state index contributed by atoms with van der Waals surface area (Å²) in [6.07, 6.45) is 0. The SMILES string of the molecule is CCO[CH]N1C(=O)c2ccccc2C1=O. The van der Waals surface area contributed by atoms with Gasteiger partial charge in [-0.15, -0.1) is 0 Å². The van der Waals surface area contributed by atoms with Gasteiger partial charge in [0.05, 0.1) is 11.1 Å². The molecule has 1 aromatic rings. The Hall–Kier alpha value is -1.68. The first-order valence-corrected chi connectivity index (χ1v) is 4.67. The van der Waals surface area contributed by atoms with Gasteiger partial charge in [-0.2, -0.15) is 0 Å². The first-order chi connectivity index (χ1) is 7.25. The van der Waals surface area contributed by atoms with Gasteiger partial charge in [-0.05, 0) is 19.1 Å². The van der Waals surface area contributed by atoms with Crippen molar-refractivity contribution in [1.82, 2.24) is 4.90 Å². The summed E-state index contributed by atoms with van der Waals surface area (Å²) >= 11 is 0. The number of nitrogens with zero attached hydrogens (tertiary/aromatic N) is 1. The Morgan fingerprint density at radius 2 is 1.73 bits per heavy atom. The fraction of sp³-hybridized carbons (Fsp3) is 0.182. The Balaban J connectivity index is 2.29. The summed E-state index contributed by atoms with van der Waals surface area (Å²) in [5, 5.41) is 0. The molecule has 4 heteroatoms. The van der Waals surface area contributed by atoms with Crippen molar-refractivity contribution in [3.63, 3.8) is 0 Å². The van der Waals surface area contributed by atoms with Gasteiger partial charge in [0.2, 0.25) is 0 Å². The average molecular weight is 204 g/mol. The molecule has 0 N–H and O–H groups in total. The maximum atomic E-state index is 11.7. The van der Waals surface area contributed by atoms with Gasteiger partial charge in [0.15, 0.2) is 6.73 Å². The Morgan fingerprint density at radius 3 is 2.20 bits per heavy atom. The Kier molecular flexibility index (Phi) is 2.51. The van der Waals surface area contributed by atoms with Crippen molar-refractivity contribution in [3.8, 4) is 0 Å². The molecule has 4 nitrogen and oxygen atoms in total. The van der Waals surface area contributed by atoms with E-state index in [0.29, 0.717) is 17.7 Å². The zero-order chi connectivity index (χ0) is 10.8. The van der Waals surface area contributed by atoms with Crippen LogP contribution >= 0.6 is 0 Å². The molecule has 0 aliphatic carbocycles. The molecule has 0 aromatic heterocycles. The lowest BCUT2D eigenvalue weighted by atomic mass is 10.1. The van der Waals surface area contributed by atoms with Gasteiger partial charge in [0, 0.05) is 6.61 Å². The van der Waals surface area contributed by atoms with Crippen LogP contribution in [-0.2, 0) is 4.74 Å². The van der Waals surface area contributed by atoms with Crippen LogP contribution in [0.25, 0.3) is 0 Å². The molecule has 0 saturated heterocycles. The highest BCUT2D eigenvalue weighted by molar-refractivity contribution is 6.21. The summed E-state index contributed by atoms with van der Waals surface area (Å²) in [7, 11) is 0. The van der Waals surface area contributed by atoms with E-state index >= 15 is 0 Å². The molecule has 0 unspecified atom stereocenters.